The van der Waals surface area contributed by atoms with Crippen molar-refractivity contribution in [3.05, 3.63) is 0 Å². The van der Waals surface area contributed by atoms with Crippen LogP contribution in [0.1, 0.15) is 52.9 Å². The van der Waals surface area contributed by atoms with E-state index in [0.717, 1.165) is 25.6 Å². The summed E-state index contributed by atoms with van der Waals surface area (Å²) in [6, 6.07) is 0. The zero-order chi connectivity index (χ0) is 12.4. The Hall–Kier alpha value is 0.137. The summed E-state index contributed by atoms with van der Waals surface area (Å²) in [7, 11) is -1.83. The molecule has 0 aromatic heterocycles. The van der Waals surface area contributed by atoms with E-state index in [9.17, 15) is 0 Å². The van der Waals surface area contributed by atoms with Crippen molar-refractivity contribution in [3.63, 3.8) is 0 Å². The van der Waals surface area contributed by atoms with Gasteiger partial charge in [-0.2, -0.15) is 0 Å². The molecule has 0 aliphatic rings. The van der Waals surface area contributed by atoms with Crippen LogP contribution >= 0.6 is 0 Å². The van der Waals surface area contributed by atoms with Crippen LogP contribution < -0.4 is 0 Å². The predicted octanol–water partition coefficient (Wildman–Crippen LogP) is 4.35. The van der Waals surface area contributed by atoms with Gasteiger partial charge in [0.2, 0.25) is 0 Å². The second-order valence-electron chi connectivity index (χ2n) is 5.11. The van der Waals surface area contributed by atoms with E-state index in [1.807, 2.05) is 0 Å². The number of hydrogen-bond donors (Lipinski definition) is 0. The van der Waals surface area contributed by atoms with E-state index in [2.05, 4.69) is 33.9 Å². The molecule has 0 aromatic carbocycles. The van der Waals surface area contributed by atoms with E-state index in [4.69, 9.17) is 8.85 Å². The minimum atomic E-state index is -1.83. The molecule has 1 unspecified atom stereocenters. The van der Waals surface area contributed by atoms with Crippen molar-refractivity contribution in [2.75, 3.05) is 13.2 Å². The van der Waals surface area contributed by atoms with Gasteiger partial charge in [0, 0.05) is 13.2 Å². The Morgan fingerprint density at radius 2 is 1.62 bits per heavy atom. The van der Waals surface area contributed by atoms with Gasteiger partial charge in [0.1, 0.15) is 0 Å². The fourth-order valence-electron chi connectivity index (χ4n) is 1.42. The maximum atomic E-state index is 5.90. The topological polar surface area (TPSA) is 18.5 Å². The molecule has 0 saturated heterocycles. The van der Waals surface area contributed by atoms with E-state index in [1.54, 1.807) is 0 Å². The maximum absolute atomic E-state index is 5.90. The van der Waals surface area contributed by atoms with Gasteiger partial charge >= 0.3 is 8.56 Å². The van der Waals surface area contributed by atoms with Crippen LogP contribution in [0.3, 0.4) is 0 Å². The first-order valence-electron chi connectivity index (χ1n) is 6.79. The van der Waals surface area contributed by atoms with Crippen LogP contribution in [-0.2, 0) is 8.85 Å². The van der Waals surface area contributed by atoms with E-state index in [-0.39, 0.29) is 0 Å². The molecule has 0 fully saturated rings. The molecule has 0 radical (unpaired) electrons. The molecule has 0 rings (SSSR count). The monoisotopic (exact) mass is 246 g/mol. The number of hydrogen-bond acceptors (Lipinski definition) is 2. The van der Waals surface area contributed by atoms with Crippen molar-refractivity contribution in [1.82, 2.24) is 0 Å². The highest BCUT2D eigenvalue weighted by molar-refractivity contribution is 6.64. The molecule has 0 aliphatic carbocycles. The van der Waals surface area contributed by atoms with Crippen molar-refractivity contribution in [1.29, 1.82) is 0 Å². The van der Waals surface area contributed by atoms with Crippen molar-refractivity contribution in [2.24, 2.45) is 5.92 Å². The average Bonchev–Trinajstić information content (AvgIpc) is 2.24. The summed E-state index contributed by atoms with van der Waals surface area (Å²) in [5.74, 6) is 0.768. The smallest absolute Gasteiger partial charge is 0.331 e. The standard InChI is InChI=1S/C13H30O2Si/c1-6-8-9-11-14-16(4,5)15-12-10-13(3)7-2/h13H,6-12H2,1-5H3. The third kappa shape index (κ3) is 9.37. The lowest BCUT2D eigenvalue weighted by molar-refractivity contribution is 0.167. The van der Waals surface area contributed by atoms with Crippen LogP contribution in [0.25, 0.3) is 0 Å². The molecule has 0 spiro atoms. The van der Waals surface area contributed by atoms with Crippen molar-refractivity contribution < 1.29 is 8.85 Å². The Morgan fingerprint density at radius 3 is 2.19 bits per heavy atom. The first kappa shape index (κ1) is 16.1. The summed E-state index contributed by atoms with van der Waals surface area (Å²) < 4.78 is 11.8. The SMILES string of the molecule is CCCCCO[Si](C)(C)OCCC(C)CC. The molecule has 0 aromatic rings. The average molecular weight is 246 g/mol. The van der Waals surface area contributed by atoms with E-state index in [0.29, 0.717) is 0 Å². The third-order valence-corrected chi connectivity index (χ3v) is 4.75. The maximum Gasteiger partial charge on any atom is 0.331 e. The van der Waals surface area contributed by atoms with Gasteiger partial charge in [-0.3, -0.25) is 0 Å². The van der Waals surface area contributed by atoms with Crippen LogP contribution in [0.15, 0.2) is 0 Å². The lowest BCUT2D eigenvalue weighted by atomic mass is 10.1. The molecule has 98 valence electrons. The molecular formula is C13H30O2Si. The highest BCUT2D eigenvalue weighted by atomic mass is 28.4. The summed E-state index contributed by atoms with van der Waals surface area (Å²) >= 11 is 0. The van der Waals surface area contributed by atoms with Gasteiger partial charge in [-0.15, -0.1) is 0 Å². The second-order valence-corrected chi connectivity index (χ2v) is 8.48. The Bertz CT molecular complexity index is 160. The van der Waals surface area contributed by atoms with Crippen LogP contribution in [0.4, 0.5) is 0 Å². The van der Waals surface area contributed by atoms with E-state index in [1.165, 1.54) is 25.7 Å². The lowest BCUT2D eigenvalue weighted by Crippen LogP contribution is -2.35. The van der Waals surface area contributed by atoms with Crippen LogP contribution in [0.2, 0.25) is 13.1 Å². The Morgan fingerprint density at radius 1 is 1.00 bits per heavy atom. The quantitative estimate of drug-likeness (QED) is 0.421. The van der Waals surface area contributed by atoms with Crippen molar-refractivity contribution >= 4 is 8.56 Å². The largest absolute Gasteiger partial charge is 0.395 e. The van der Waals surface area contributed by atoms with Gasteiger partial charge in [-0.05, 0) is 31.9 Å². The Balaban J connectivity index is 3.53. The molecule has 0 bridgehead atoms. The van der Waals surface area contributed by atoms with E-state index >= 15 is 0 Å². The molecule has 2 nitrogen and oxygen atoms in total. The Labute approximate surface area is 103 Å². The second kappa shape index (κ2) is 9.20. The first-order chi connectivity index (χ1) is 7.52. The summed E-state index contributed by atoms with van der Waals surface area (Å²) in [5.41, 5.74) is 0. The van der Waals surface area contributed by atoms with Gasteiger partial charge in [0.15, 0.2) is 0 Å². The molecular weight excluding hydrogens is 216 g/mol. The van der Waals surface area contributed by atoms with Crippen molar-refractivity contribution in [3.8, 4) is 0 Å². The first-order valence-corrected chi connectivity index (χ1v) is 9.61. The molecule has 0 aliphatic heterocycles. The van der Waals surface area contributed by atoms with Gasteiger partial charge in [0.25, 0.3) is 0 Å². The fraction of sp³-hybridized carbons (Fsp3) is 1.00. The molecule has 0 amide bonds. The summed E-state index contributed by atoms with van der Waals surface area (Å²) in [6.45, 7) is 12.8. The number of rotatable bonds is 10. The van der Waals surface area contributed by atoms with Gasteiger partial charge in [0.05, 0.1) is 0 Å². The summed E-state index contributed by atoms with van der Waals surface area (Å²) in [5, 5.41) is 0. The molecule has 0 saturated carbocycles. The fourth-order valence-corrected chi connectivity index (χ4v) is 2.75. The molecule has 0 N–H and O–H groups in total. The minimum absolute atomic E-state index is 0.768. The van der Waals surface area contributed by atoms with Gasteiger partial charge in [-0.25, -0.2) is 0 Å². The highest BCUT2D eigenvalue weighted by Crippen LogP contribution is 2.12. The molecule has 1 atom stereocenters. The third-order valence-electron chi connectivity index (χ3n) is 2.95. The van der Waals surface area contributed by atoms with Crippen LogP contribution in [-0.4, -0.2) is 21.8 Å². The zero-order valence-electron chi connectivity index (χ0n) is 11.8. The summed E-state index contributed by atoms with van der Waals surface area (Å²) in [4.78, 5) is 0. The Kier molecular flexibility index (Phi) is 9.28. The summed E-state index contributed by atoms with van der Waals surface area (Å²) in [6.07, 6.45) is 6.08. The van der Waals surface area contributed by atoms with E-state index < -0.39 is 8.56 Å². The molecule has 0 heterocycles. The van der Waals surface area contributed by atoms with Gasteiger partial charge < -0.3 is 8.85 Å². The lowest BCUT2D eigenvalue weighted by Gasteiger charge is -2.23. The van der Waals surface area contributed by atoms with Crippen LogP contribution in [0.5, 0.6) is 0 Å². The molecule has 16 heavy (non-hydrogen) atoms. The zero-order valence-corrected chi connectivity index (χ0v) is 12.8. The minimum Gasteiger partial charge on any atom is -0.395 e. The van der Waals surface area contributed by atoms with Crippen molar-refractivity contribution in [2.45, 2.75) is 66.0 Å². The predicted molar refractivity (Wildman–Crippen MR) is 73.0 cm³/mol. The normalized spacial score (nSPS) is 14.1. The van der Waals surface area contributed by atoms with Gasteiger partial charge in [-0.1, -0.05) is 40.0 Å². The molecule has 3 heteroatoms. The van der Waals surface area contributed by atoms with Crippen LogP contribution in [0, 0.1) is 5.92 Å². The number of unbranched alkanes of at least 4 members (excludes halogenated alkanes) is 2. The highest BCUT2D eigenvalue weighted by Gasteiger charge is 2.24.